The maximum Gasteiger partial charge on any atom is 0.260 e. The number of hydrogen-bond acceptors (Lipinski definition) is 4. The van der Waals surface area contributed by atoms with Crippen molar-refractivity contribution in [3.63, 3.8) is 0 Å². The Balaban J connectivity index is 1.34. The average Bonchev–Trinajstić information content (AvgIpc) is 3.62. The van der Waals surface area contributed by atoms with E-state index in [0.29, 0.717) is 36.1 Å². The molecule has 6 nitrogen and oxygen atoms in total. The first kappa shape index (κ1) is 23.5. The van der Waals surface area contributed by atoms with Crippen LogP contribution in [0.4, 0.5) is 10.1 Å². The van der Waals surface area contributed by atoms with E-state index in [4.69, 9.17) is 16.3 Å². The van der Waals surface area contributed by atoms with E-state index in [1.165, 1.54) is 12.1 Å². The third kappa shape index (κ3) is 6.03. The number of carbonyl (C=O) groups excluding carboxylic acids is 2. The molecule has 2 aromatic rings. The smallest absolute Gasteiger partial charge is 0.260 e. The zero-order valence-corrected chi connectivity index (χ0v) is 19.6. The van der Waals surface area contributed by atoms with Gasteiger partial charge in [0.1, 0.15) is 11.6 Å². The third-order valence-electron chi connectivity index (χ3n) is 6.23. The summed E-state index contributed by atoms with van der Waals surface area (Å²) in [7, 11) is 0. The van der Waals surface area contributed by atoms with Crippen molar-refractivity contribution in [1.29, 1.82) is 0 Å². The molecule has 1 N–H and O–H groups in total. The first-order valence-corrected chi connectivity index (χ1v) is 11.7. The Morgan fingerprint density at radius 1 is 1.09 bits per heavy atom. The van der Waals surface area contributed by atoms with Crippen LogP contribution in [0.15, 0.2) is 42.5 Å². The van der Waals surface area contributed by atoms with Crippen LogP contribution in [0.25, 0.3) is 0 Å². The molecular weight excluding hydrogens is 445 g/mol. The molecule has 2 fully saturated rings. The molecule has 0 aromatic heterocycles. The third-order valence-corrected chi connectivity index (χ3v) is 6.47. The van der Waals surface area contributed by atoms with Crippen LogP contribution in [0.3, 0.4) is 0 Å². The lowest BCUT2D eigenvalue weighted by molar-refractivity contribution is -0.139. The molecule has 2 aromatic carbocycles. The van der Waals surface area contributed by atoms with Crippen LogP contribution in [-0.2, 0) is 16.1 Å². The lowest BCUT2D eigenvalue weighted by Crippen LogP contribution is -2.58. The Labute approximate surface area is 198 Å². The normalized spacial score (nSPS) is 21.0. The molecule has 2 atom stereocenters. The van der Waals surface area contributed by atoms with E-state index >= 15 is 0 Å². The molecule has 0 radical (unpaired) electrons. The maximum atomic E-state index is 13.2. The van der Waals surface area contributed by atoms with Gasteiger partial charge in [0.2, 0.25) is 5.91 Å². The van der Waals surface area contributed by atoms with E-state index < -0.39 is 0 Å². The van der Waals surface area contributed by atoms with Gasteiger partial charge in [-0.2, -0.15) is 0 Å². The first-order valence-electron chi connectivity index (χ1n) is 11.3. The summed E-state index contributed by atoms with van der Waals surface area (Å²) in [4.78, 5) is 29.3. The van der Waals surface area contributed by atoms with Gasteiger partial charge in [-0.25, -0.2) is 4.39 Å². The number of amides is 2. The molecular formula is C25H29ClFN3O3. The molecule has 33 heavy (non-hydrogen) atoms. The summed E-state index contributed by atoms with van der Waals surface area (Å²) < 4.78 is 19.0. The van der Waals surface area contributed by atoms with Gasteiger partial charge >= 0.3 is 0 Å². The second-order valence-electron chi connectivity index (χ2n) is 8.99. The number of halogens is 2. The highest BCUT2D eigenvalue weighted by molar-refractivity contribution is 6.31. The molecule has 2 amide bonds. The minimum absolute atomic E-state index is 0.0111. The molecule has 4 rings (SSSR count). The van der Waals surface area contributed by atoms with Gasteiger partial charge < -0.3 is 15.0 Å². The molecule has 1 heterocycles. The zero-order chi connectivity index (χ0) is 23.5. The second-order valence-corrected chi connectivity index (χ2v) is 9.43. The van der Waals surface area contributed by atoms with Crippen molar-refractivity contribution in [2.75, 3.05) is 25.0 Å². The number of benzene rings is 2. The number of piperazine rings is 1. The van der Waals surface area contributed by atoms with Gasteiger partial charge in [0, 0.05) is 42.7 Å². The predicted octanol–water partition coefficient (Wildman–Crippen LogP) is 4.33. The van der Waals surface area contributed by atoms with Gasteiger partial charge in [-0.1, -0.05) is 23.7 Å². The topological polar surface area (TPSA) is 61.9 Å². The van der Waals surface area contributed by atoms with Gasteiger partial charge in [0.25, 0.3) is 5.91 Å². The Morgan fingerprint density at radius 3 is 2.52 bits per heavy atom. The lowest BCUT2D eigenvalue weighted by atomic mass is 10.1. The Morgan fingerprint density at radius 2 is 1.82 bits per heavy atom. The Hall–Kier alpha value is -2.64. The summed E-state index contributed by atoms with van der Waals surface area (Å²) in [5.74, 6) is 0.0781. The van der Waals surface area contributed by atoms with Gasteiger partial charge in [-0.3, -0.25) is 14.5 Å². The molecule has 2 aliphatic rings. The summed E-state index contributed by atoms with van der Waals surface area (Å²) in [6, 6.07) is 11.7. The van der Waals surface area contributed by atoms with E-state index in [9.17, 15) is 14.0 Å². The fraction of sp³-hybridized carbons (Fsp3) is 0.440. The largest absolute Gasteiger partial charge is 0.482 e. The Kier molecular flexibility index (Phi) is 7.20. The van der Waals surface area contributed by atoms with Crippen molar-refractivity contribution >= 4 is 29.1 Å². The monoisotopic (exact) mass is 473 g/mol. The standard InChI is InChI=1S/C25H29ClFN3O3/c1-16-13-30(17(2)12-29(16)14-18-3-8-21(27)9-4-18)24(31)15-33-23-10-7-20(26)11-22(23)28-25(32)19-5-6-19/h3-4,7-11,16-17,19H,5-6,12-15H2,1-2H3,(H,28,32). The van der Waals surface area contributed by atoms with Crippen LogP contribution in [-0.4, -0.2) is 53.4 Å². The molecule has 0 bridgehead atoms. The van der Waals surface area contributed by atoms with Crippen LogP contribution in [0.1, 0.15) is 32.3 Å². The number of rotatable bonds is 7. The number of nitrogens with zero attached hydrogens (tertiary/aromatic N) is 2. The Bertz CT molecular complexity index is 1010. The number of hydrogen-bond donors (Lipinski definition) is 1. The SMILES string of the molecule is CC1CN(C(=O)COc2ccc(Cl)cc2NC(=O)C2CC2)C(C)CN1Cc1ccc(F)cc1. The fourth-order valence-corrected chi connectivity index (χ4v) is 4.29. The second kappa shape index (κ2) is 10.1. The summed E-state index contributed by atoms with van der Waals surface area (Å²) in [6.07, 6.45) is 1.79. The van der Waals surface area contributed by atoms with E-state index in [1.54, 1.807) is 30.3 Å². The highest BCUT2D eigenvalue weighted by atomic mass is 35.5. The van der Waals surface area contributed by atoms with Crippen LogP contribution in [0.2, 0.25) is 5.02 Å². The minimum Gasteiger partial charge on any atom is -0.482 e. The first-order chi connectivity index (χ1) is 15.8. The average molecular weight is 474 g/mol. The van der Waals surface area contributed by atoms with Crippen molar-refractivity contribution in [2.45, 2.75) is 45.3 Å². The molecule has 1 aliphatic carbocycles. The summed E-state index contributed by atoms with van der Waals surface area (Å²) in [5.41, 5.74) is 1.53. The van der Waals surface area contributed by atoms with E-state index in [-0.39, 0.29) is 42.2 Å². The quantitative estimate of drug-likeness (QED) is 0.650. The van der Waals surface area contributed by atoms with Crippen molar-refractivity contribution in [3.05, 3.63) is 58.9 Å². The highest BCUT2D eigenvalue weighted by Gasteiger charge is 2.33. The van der Waals surface area contributed by atoms with Crippen molar-refractivity contribution < 1.29 is 18.7 Å². The summed E-state index contributed by atoms with van der Waals surface area (Å²) >= 11 is 6.09. The predicted molar refractivity (Wildman–Crippen MR) is 126 cm³/mol. The molecule has 1 aliphatic heterocycles. The number of carbonyl (C=O) groups is 2. The van der Waals surface area contributed by atoms with Gasteiger partial charge in [-0.15, -0.1) is 0 Å². The van der Waals surface area contributed by atoms with Crippen LogP contribution >= 0.6 is 11.6 Å². The number of anilines is 1. The number of nitrogens with one attached hydrogen (secondary N) is 1. The molecule has 2 unspecified atom stereocenters. The van der Waals surface area contributed by atoms with E-state index in [0.717, 1.165) is 18.4 Å². The van der Waals surface area contributed by atoms with Crippen molar-refractivity contribution in [3.8, 4) is 5.75 Å². The molecule has 176 valence electrons. The number of ether oxygens (including phenoxy) is 1. The van der Waals surface area contributed by atoms with Crippen LogP contribution in [0, 0.1) is 11.7 Å². The van der Waals surface area contributed by atoms with Gasteiger partial charge in [-0.05, 0) is 62.6 Å². The molecule has 1 saturated carbocycles. The lowest BCUT2D eigenvalue weighted by Gasteiger charge is -2.44. The summed E-state index contributed by atoms with van der Waals surface area (Å²) in [5, 5.41) is 3.35. The van der Waals surface area contributed by atoms with Crippen LogP contribution < -0.4 is 10.1 Å². The van der Waals surface area contributed by atoms with E-state index in [1.807, 2.05) is 11.8 Å². The van der Waals surface area contributed by atoms with E-state index in [2.05, 4.69) is 17.1 Å². The molecule has 8 heteroatoms. The van der Waals surface area contributed by atoms with Crippen molar-refractivity contribution in [1.82, 2.24) is 9.80 Å². The maximum absolute atomic E-state index is 13.2. The minimum atomic E-state index is -0.244. The molecule has 1 saturated heterocycles. The highest BCUT2D eigenvalue weighted by Crippen LogP contribution is 2.33. The molecule has 0 spiro atoms. The zero-order valence-electron chi connectivity index (χ0n) is 18.9. The van der Waals surface area contributed by atoms with Crippen LogP contribution in [0.5, 0.6) is 5.75 Å². The van der Waals surface area contributed by atoms with Gasteiger partial charge in [0.15, 0.2) is 6.61 Å². The van der Waals surface area contributed by atoms with Crippen molar-refractivity contribution in [2.24, 2.45) is 5.92 Å². The summed E-state index contributed by atoms with van der Waals surface area (Å²) in [6.45, 7) is 5.98. The van der Waals surface area contributed by atoms with Gasteiger partial charge in [0.05, 0.1) is 5.69 Å². The fourth-order valence-electron chi connectivity index (χ4n) is 4.12.